The lowest BCUT2D eigenvalue weighted by molar-refractivity contribution is -0.154. The fraction of sp³-hybridized carbons (Fsp3) is 0.909. The topological polar surface area (TPSA) is 35.5 Å². The molecule has 0 aromatic carbocycles. The Hall–Kier alpha value is -0.570. The van der Waals surface area contributed by atoms with E-state index < -0.39 is 0 Å². The van der Waals surface area contributed by atoms with Gasteiger partial charge in [-0.25, -0.2) is 4.79 Å². The van der Waals surface area contributed by atoms with Crippen LogP contribution in [0, 0.1) is 0 Å². The second-order valence-electron chi connectivity index (χ2n) is 3.38. The Morgan fingerprint density at radius 1 is 1.21 bits per heavy atom. The first-order valence-corrected chi connectivity index (χ1v) is 5.45. The Morgan fingerprint density at radius 2 is 1.86 bits per heavy atom. The van der Waals surface area contributed by atoms with Crippen molar-refractivity contribution in [3.05, 3.63) is 0 Å². The lowest BCUT2D eigenvalue weighted by Crippen LogP contribution is -2.26. The van der Waals surface area contributed by atoms with Gasteiger partial charge in [-0.15, -0.1) is 0 Å². The number of rotatable bonds is 8. The molecule has 1 atom stereocenters. The van der Waals surface area contributed by atoms with Crippen molar-refractivity contribution in [2.75, 3.05) is 13.7 Å². The van der Waals surface area contributed by atoms with Gasteiger partial charge < -0.3 is 9.47 Å². The summed E-state index contributed by atoms with van der Waals surface area (Å²) in [7, 11) is 1.41. The van der Waals surface area contributed by atoms with Crippen molar-refractivity contribution in [1.29, 1.82) is 0 Å². The smallest absolute Gasteiger partial charge is 0.334 e. The average molecular weight is 202 g/mol. The minimum atomic E-state index is -0.355. The zero-order valence-corrected chi connectivity index (χ0v) is 9.54. The highest BCUT2D eigenvalue weighted by molar-refractivity contribution is 5.74. The van der Waals surface area contributed by atoms with E-state index in [4.69, 9.17) is 4.74 Å². The van der Waals surface area contributed by atoms with E-state index in [1.165, 1.54) is 7.11 Å². The Kier molecular flexibility index (Phi) is 8.64. The van der Waals surface area contributed by atoms with Gasteiger partial charge in [-0.05, 0) is 12.8 Å². The van der Waals surface area contributed by atoms with Crippen molar-refractivity contribution in [1.82, 2.24) is 0 Å². The molecule has 0 amide bonds. The second kappa shape index (κ2) is 9.00. The van der Waals surface area contributed by atoms with Crippen molar-refractivity contribution in [3.63, 3.8) is 0 Å². The lowest BCUT2D eigenvalue weighted by Gasteiger charge is -2.14. The molecule has 3 nitrogen and oxygen atoms in total. The van der Waals surface area contributed by atoms with Crippen LogP contribution in [0.1, 0.15) is 46.0 Å². The van der Waals surface area contributed by atoms with Gasteiger partial charge in [-0.2, -0.15) is 0 Å². The number of hydrogen-bond donors (Lipinski definition) is 0. The summed E-state index contributed by atoms with van der Waals surface area (Å²) in [6.07, 6.45) is 4.58. The predicted octanol–water partition coefficient (Wildman–Crippen LogP) is 2.53. The van der Waals surface area contributed by atoms with Gasteiger partial charge in [0.05, 0.1) is 7.11 Å². The standard InChI is InChI=1S/C11H22O3/c1-4-6-8-10(11(12)13-3)14-9-7-5-2/h10H,4-9H2,1-3H3. The van der Waals surface area contributed by atoms with Crippen molar-refractivity contribution in [2.45, 2.75) is 52.1 Å². The Labute approximate surface area is 86.8 Å². The molecule has 0 bridgehead atoms. The first kappa shape index (κ1) is 13.4. The van der Waals surface area contributed by atoms with Crippen molar-refractivity contribution in [3.8, 4) is 0 Å². The molecule has 84 valence electrons. The molecule has 0 aromatic rings. The number of hydrogen-bond acceptors (Lipinski definition) is 3. The highest BCUT2D eigenvalue weighted by atomic mass is 16.6. The summed E-state index contributed by atoms with van der Waals surface area (Å²) in [6.45, 7) is 4.85. The zero-order valence-electron chi connectivity index (χ0n) is 9.54. The second-order valence-corrected chi connectivity index (χ2v) is 3.38. The normalized spacial score (nSPS) is 12.5. The molecule has 1 unspecified atom stereocenters. The Bertz CT molecular complexity index is 145. The summed E-state index contributed by atoms with van der Waals surface area (Å²) in [5.74, 6) is -0.241. The van der Waals surface area contributed by atoms with Gasteiger partial charge >= 0.3 is 5.97 Å². The van der Waals surface area contributed by atoms with Crippen LogP contribution in [-0.4, -0.2) is 25.8 Å². The van der Waals surface area contributed by atoms with Crippen LogP contribution in [-0.2, 0) is 14.3 Å². The van der Waals surface area contributed by atoms with Crippen LogP contribution in [0.15, 0.2) is 0 Å². The van der Waals surface area contributed by atoms with Crippen LogP contribution in [0.4, 0.5) is 0 Å². The molecule has 0 fully saturated rings. The summed E-state index contributed by atoms with van der Waals surface area (Å²) in [5.41, 5.74) is 0. The van der Waals surface area contributed by atoms with E-state index >= 15 is 0 Å². The number of carbonyl (C=O) groups excluding carboxylic acids is 1. The maximum Gasteiger partial charge on any atom is 0.334 e. The monoisotopic (exact) mass is 202 g/mol. The lowest BCUT2D eigenvalue weighted by atomic mass is 10.1. The molecular weight excluding hydrogens is 180 g/mol. The van der Waals surface area contributed by atoms with E-state index in [-0.39, 0.29) is 12.1 Å². The molecule has 0 aliphatic rings. The van der Waals surface area contributed by atoms with Crippen molar-refractivity contribution < 1.29 is 14.3 Å². The van der Waals surface area contributed by atoms with Crippen LogP contribution >= 0.6 is 0 Å². The molecule has 0 rings (SSSR count). The van der Waals surface area contributed by atoms with Gasteiger partial charge in [-0.3, -0.25) is 0 Å². The van der Waals surface area contributed by atoms with Crippen LogP contribution in [0.5, 0.6) is 0 Å². The average Bonchev–Trinajstić information content (AvgIpc) is 2.22. The first-order valence-electron chi connectivity index (χ1n) is 5.45. The van der Waals surface area contributed by atoms with E-state index in [1.807, 2.05) is 0 Å². The van der Waals surface area contributed by atoms with E-state index in [9.17, 15) is 4.79 Å². The predicted molar refractivity (Wildman–Crippen MR) is 56.2 cm³/mol. The van der Waals surface area contributed by atoms with Gasteiger partial charge in [0.1, 0.15) is 0 Å². The SMILES string of the molecule is CCCCOC(CCCC)C(=O)OC. The minimum Gasteiger partial charge on any atom is -0.467 e. The third-order valence-corrected chi connectivity index (χ3v) is 2.10. The first-order chi connectivity index (χ1) is 6.76. The van der Waals surface area contributed by atoms with E-state index in [2.05, 4.69) is 18.6 Å². The van der Waals surface area contributed by atoms with Crippen LogP contribution in [0.3, 0.4) is 0 Å². The third kappa shape index (κ3) is 5.97. The van der Waals surface area contributed by atoms with E-state index in [1.54, 1.807) is 0 Å². The van der Waals surface area contributed by atoms with Crippen LogP contribution in [0.25, 0.3) is 0 Å². The van der Waals surface area contributed by atoms with Crippen molar-refractivity contribution in [2.24, 2.45) is 0 Å². The highest BCUT2D eigenvalue weighted by Crippen LogP contribution is 2.07. The number of esters is 1. The highest BCUT2D eigenvalue weighted by Gasteiger charge is 2.18. The van der Waals surface area contributed by atoms with Gasteiger partial charge in [-0.1, -0.05) is 33.1 Å². The van der Waals surface area contributed by atoms with Gasteiger partial charge in [0.2, 0.25) is 0 Å². The maximum absolute atomic E-state index is 11.3. The number of ether oxygens (including phenoxy) is 2. The largest absolute Gasteiger partial charge is 0.467 e. The molecule has 0 spiro atoms. The summed E-state index contributed by atoms with van der Waals surface area (Å²) < 4.78 is 10.1. The molecule has 0 radical (unpaired) electrons. The quantitative estimate of drug-likeness (QED) is 0.448. The minimum absolute atomic E-state index is 0.241. The Balaban J connectivity index is 3.78. The molecule has 0 aromatic heterocycles. The molecule has 0 aliphatic heterocycles. The zero-order chi connectivity index (χ0) is 10.8. The molecular formula is C11H22O3. The molecule has 0 heterocycles. The molecule has 0 saturated heterocycles. The fourth-order valence-corrected chi connectivity index (χ4v) is 1.16. The van der Waals surface area contributed by atoms with Crippen molar-refractivity contribution >= 4 is 5.97 Å². The Morgan fingerprint density at radius 3 is 2.36 bits per heavy atom. The van der Waals surface area contributed by atoms with Crippen LogP contribution in [0.2, 0.25) is 0 Å². The van der Waals surface area contributed by atoms with Gasteiger partial charge in [0.25, 0.3) is 0 Å². The molecule has 14 heavy (non-hydrogen) atoms. The number of methoxy groups -OCH3 is 1. The molecule has 0 aliphatic carbocycles. The maximum atomic E-state index is 11.3. The third-order valence-electron chi connectivity index (χ3n) is 2.10. The van der Waals surface area contributed by atoms with E-state index in [0.29, 0.717) is 6.61 Å². The molecule has 3 heteroatoms. The summed E-state index contributed by atoms with van der Waals surface area (Å²) in [6, 6.07) is 0. The van der Waals surface area contributed by atoms with E-state index in [0.717, 1.165) is 32.1 Å². The fourth-order valence-electron chi connectivity index (χ4n) is 1.16. The van der Waals surface area contributed by atoms with Crippen LogP contribution < -0.4 is 0 Å². The molecule has 0 saturated carbocycles. The van der Waals surface area contributed by atoms with Gasteiger partial charge in [0, 0.05) is 6.61 Å². The number of carbonyl (C=O) groups is 1. The number of unbranched alkanes of at least 4 members (excludes halogenated alkanes) is 2. The summed E-state index contributed by atoms with van der Waals surface area (Å²) in [5, 5.41) is 0. The summed E-state index contributed by atoms with van der Waals surface area (Å²) >= 11 is 0. The summed E-state index contributed by atoms with van der Waals surface area (Å²) in [4.78, 5) is 11.3. The molecule has 0 N–H and O–H groups in total. The van der Waals surface area contributed by atoms with Gasteiger partial charge in [0.15, 0.2) is 6.10 Å².